The number of primary amides is 1. The zero-order chi connectivity index (χ0) is 19.7. The number of piperazine rings is 1. The number of rotatable bonds is 4. The predicted octanol–water partition coefficient (Wildman–Crippen LogP) is 1.57. The zero-order valence-corrected chi connectivity index (χ0v) is 15.0. The van der Waals surface area contributed by atoms with Crippen molar-refractivity contribution in [3.05, 3.63) is 51.0 Å². The Morgan fingerprint density at radius 3 is 2.37 bits per heavy atom. The van der Waals surface area contributed by atoms with Crippen molar-refractivity contribution >= 4 is 23.1 Å². The molecule has 9 nitrogen and oxygen atoms in total. The lowest BCUT2D eigenvalue weighted by molar-refractivity contribution is -0.385. The van der Waals surface area contributed by atoms with Crippen LogP contribution in [0.3, 0.4) is 0 Å². The SMILES string of the molecule is Cc1nnc(N2CCN(c3ccc([N+](=O)[O-])cc3F)CC2)c(C(N)=O)c1C. The Hall–Kier alpha value is -3.30. The van der Waals surface area contributed by atoms with E-state index in [9.17, 15) is 19.3 Å². The Labute approximate surface area is 154 Å². The van der Waals surface area contributed by atoms with E-state index in [-0.39, 0.29) is 5.69 Å². The molecule has 1 aromatic carbocycles. The number of amides is 1. The third-order valence-electron chi connectivity index (χ3n) is 4.74. The number of hydrogen-bond acceptors (Lipinski definition) is 7. The molecule has 27 heavy (non-hydrogen) atoms. The molecule has 1 saturated heterocycles. The van der Waals surface area contributed by atoms with E-state index in [2.05, 4.69) is 10.2 Å². The Bertz CT molecular complexity index is 912. The van der Waals surface area contributed by atoms with Crippen molar-refractivity contribution in [1.29, 1.82) is 0 Å². The Kier molecular flexibility index (Phi) is 4.89. The molecular formula is C17H19FN6O3. The number of benzene rings is 1. The van der Waals surface area contributed by atoms with Gasteiger partial charge in [-0.25, -0.2) is 4.39 Å². The molecule has 0 unspecified atom stereocenters. The molecule has 0 atom stereocenters. The first kappa shape index (κ1) is 18.5. The number of nitro groups is 1. The van der Waals surface area contributed by atoms with E-state index in [0.29, 0.717) is 54.5 Å². The van der Waals surface area contributed by atoms with Crippen molar-refractivity contribution in [3.63, 3.8) is 0 Å². The average Bonchev–Trinajstić information content (AvgIpc) is 2.63. The number of carbonyl (C=O) groups is 1. The maximum atomic E-state index is 14.2. The fourth-order valence-electron chi connectivity index (χ4n) is 3.14. The van der Waals surface area contributed by atoms with Crippen LogP contribution < -0.4 is 15.5 Å². The van der Waals surface area contributed by atoms with Gasteiger partial charge in [0.2, 0.25) is 0 Å². The maximum Gasteiger partial charge on any atom is 0.272 e. The summed E-state index contributed by atoms with van der Waals surface area (Å²) in [6.07, 6.45) is 0. The van der Waals surface area contributed by atoms with E-state index >= 15 is 0 Å². The first-order chi connectivity index (χ1) is 12.8. The van der Waals surface area contributed by atoms with Crippen LogP contribution in [0.15, 0.2) is 18.2 Å². The summed E-state index contributed by atoms with van der Waals surface area (Å²) in [5.74, 6) is -0.778. The second kappa shape index (κ2) is 7.14. The first-order valence-corrected chi connectivity index (χ1v) is 8.37. The van der Waals surface area contributed by atoms with Crippen molar-refractivity contribution in [2.75, 3.05) is 36.0 Å². The lowest BCUT2D eigenvalue weighted by Gasteiger charge is -2.37. The number of non-ortho nitro benzene ring substituents is 1. The van der Waals surface area contributed by atoms with Gasteiger partial charge < -0.3 is 15.5 Å². The van der Waals surface area contributed by atoms with Gasteiger partial charge in [-0.15, -0.1) is 5.10 Å². The summed E-state index contributed by atoms with van der Waals surface area (Å²) >= 11 is 0. The van der Waals surface area contributed by atoms with Gasteiger partial charge in [0, 0.05) is 32.2 Å². The second-order valence-electron chi connectivity index (χ2n) is 6.34. The average molecular weight is 374 g/mol. The number of hydrogen-bond donors (Lipinski definition) is 1. The minimum atomic E-state index is -0.638. The zero-order valence-electron chi connectivity index (χ0n) is 15.0. The van der Waals surface area contributed by atoms with E-state index in [1.54, 1.807) is 18.7 Å². The number of nitrogens with zero attached hydrogens (tertiary/aromatic N) is 5. The largest absolute Gasteiger partial charge is 0.366 e. The summed E-state index contributed by atoms with van der Waals surface area (Å²) in [5, 5.41) is 19.0. The van der Waals surface area contributed by atoms with Gasteiger partial charge in [-0.3, -0.25) is 14.9 Å². The summed E-state index contributed by atoms with van der Waals surface area (Å²) in [6.45, 7) is 5.41. The van der Waals surface area contributed by atoms with Crippen molar-refractivity contribution < 1.29 is 14.1 Å². The van der Waals surface area contributed by atoms with Crippen LogP contribution in [0, 0.1) is 29.8 Å². The molecule has 3 rings (SSSR count). The molecule has 0 aliphatic carbocycles. The molecule has 0 spiro atoms. The fraction of sp³-hybridized carbons (Fsp3) is 0.353. The van der Waals surface area contributed by atoms with Gasteiger partial charge in [0.25, 0.3) is 11.6 Å². The Balaban J connectivity index is 1.80. The van der Waals surface area contributed by atoms with Crippen LogP contribution in [0.1, 0.15) is 21.6 Å². The number of carbonyl (C=O) groups excluding carboxylic acids is 1. The van der Waals surface area contributed by atoms with E-state index < -0.39 is 16.6 Å². The van der Waals surface area contributed by atoms with Gasteiger partial charge in [0.15, 0.2) is 11.6 Å². The Morgan fingerprint density at radius 1 is 1.19 bits per heavy atom. The summed E-state index contributed by atoms with van der Waals surface area (Å²) < 4.78 is 14.2. The van der Waals surface area contributed by atoms with Crippen LogP contribution in [-0.4, -0.2) is 47.2 Å². The van der Waals surface area contributed by atoms with Gasteiger partial charge >= 0.3 is 0 Å². The lowest BCUT2D eigenvalue weighted by atomic mass is 10.1. The molecular weight excluding hydrogens is 355 g/mol. The monoisotopic (exact) mass is 374 g/mol. The molecule has 0 saturated carbocycles. The van der Waals surface area contributed by atoms with E-state index in [1.165, 1.54) is 12.1 Å². The number of anilines is 2. The van der Waals surface area contributed by atoms with Crippen LogP contribution in [0.4, 0.5) is 21.6 Å². The van der Waals surface area contributed by atoms with Gasteiger partial charge in [0.1, 0.15) is 0 Å². The quantitative estimate of drug-likeness (QED) is 0.637. The van der Waals surface area contributed by atoms with E-state index in [4.69, 9.17) is 5.73 Å². The van der Waals surface area contributed by atoms with Gasteiger partial charge in [-0.05, 0) is 25.5 Å². The highest BCUT2D eigenvalue weighted by molar-refractivity contribution is 5.99. The topological polar surface area (TPSA) is 118 Å². The molecule has 1 aromatic heterocycles. The summed E-state index contributed by atoms with van der Waals surface area (Å²) in [6, 6.07) is 3.61. The van der Waals surface area contributed by atoms with Crippen LogP contribution in [0.25, 0.3) is 0 Å². The van der Waals surface area contributed by atoms with Gasteiger partial charge in [0.05, 0.1) is 27.9 Å². The van der Waals surface area contributed by atoms with Crippen molar-refractivity contribution in [1.82, 2.24) is 10.2 Å². The first-order valence-electron chi connectivity index (χ1n) is 8.37. The smallest absolute Gasteiger partial charge is 0.272 e. The maximum absolute atomic E-state index is 14.2. The summed E-state index contributed by atoms with van der Waals surface area (Å²) in [5.41, 5.74) is 7.21. The number of nitro benzene ring substituents is 1. The lowest BCUT2D eigenvalue weighted by Crippen LogP contribution is -2.47. The number of aryl methyl sites for hydroxylation is 1. The third-order valence-corrected chi connectivity index (χ3v) is 4.74. The molecule has 0 radical (unpaired) electrons. The van der Waals surface area contributed by atoms with Crippen molar-refractivity contribution in [3.8, 4) is 0 Å². The normalized spacial score (nSPS) is 14.3. The van der Waals surface area contributed by atoms with Crippen molar-refractivity contribution in [2.24, 2.45) is 5.73 Å². The van der Waals surface area contributed by atoms with Crippen molar-refractivity contribution in [2.45, 2.75) is 13.8 Å². The fourth-order valence-corrected chi connectivity index (χ4v) is 3.14. The molecule has 2 N–H and O–H groups in total. The summed E-state index contributed by atoms with van der Waals surface area (Å²) in [4.78, 5) is 25.7. The number of aromatic nitrogens is 2. The molecule has 0 bridgehead atoms. The molecule has 2 aromatic rings. The molecule has 10 heteroatoms. The Morgan fingerprint density at radius 2 is 1.81 bits per heavy atom. The highest BCUT2D eigenvalue weighted by atomic mass is 19.1. The standard InChI is InChI=1S/C17H19FN6O3/c1-10-11(2)20-21-17(15(10)16(19)25)23-7-5-22(6-8-23)14-4-3-12(24(26)27)9-13(14)18/h3-4,9H,5-8H2,1-2H3,(H2,19,25). The molecule has 2 heterocycles. The molecule has 1 aliphatic rings. The van der Waals surface area contributed by atoms with Crippen LogP contribution >= 0.6 is 0 Å². The molecule has 1 fully saturated rings. The van der Waals surface area contributed by atoms with Gasteiger partial charge in [-0.2, -0.15) is 5.10 Å². The van der Waals surface area contributed by atoms with E-state index in [1.807, 2.05) is 4.90 Å². The molecule has 142 valence electrons. The van der Waals surface area contributed by atoms with Gasteiger partial charge in [-0.1, -0.05) is 0 Å². The minimum Gasteiger partial charge on any atom is -0.366 e. The van der Waals surface area contributed by atoms with Crippen LogP contribution in [0.2, 0.25) is 0 Å². The van der Waals surface area contributed by atoms with Crippen LogP contribution in [-0.2, 0) is 0 Å². The predicted molar refractivity (Wildman–Crippen MR) is 97.5 cm³/mol. The number of halogens is 1. The van der Waals surface area contributed by atoms with Crippen LogP contribution in [0.5, 0.6) is 0 Å². The highest BCUT2D eigenvalue weighted by Gasteiger charge is 2.26. The third kappa shape index (κ3) is 3.50. The highest BCUT2D eigenvalue weighted by Crippen LogP contribution is 2.27. The number of nitrogens with two attached hydrogens (primary N) is 1. The minimum absolute atomic E-state index is 0.286. The summed E-state index contributed by atoms with van der Waals surface area (Å²) in [7, 11) is 0. The van der Waals surface area contributed by atoms with E-state index in [0.717, 1.165) is 6.07 Å². The molecule has 1 amide bonds. The molecule has 1 aliphatic heterocycles. The second-order valence-corrected chi connectivity index (χ2v) is 6.34.